The molecule has 4 heteroatoms. The highest BCUT2D eigenvalue weighted by molar-refractivity contribution is 5.86. The Morgan fingerprint density at radius 1 is 1.11 bits per heavy atom. The zero-order valence-electron chi connectivity index (χ0n) is 12.0. The molecule has 0 radical (unpaired) electrons. The largest absolute Gasteiger partial charge is 0.337 e. The molecule has 0 spiro atoms. The van der Waals surface area contributed by atoms with Gasteiger partial charge in [0.2, 0.25) is 5.91 Å². The molecule has 2 unspecified atom stereocenters. The van der Waals surface area contributed by atoms with E-state index in [0.717, 1.165) is 12.5 Å². The van der Waals surface area contributed by atoms with Crippen molar-refractivity contribution in [3.63, 3.8) is 0 Å². The van der Waals surface area contributed by atoms with Crippen LogP contribution in [0.25, 0.3) is 0 Å². The fraction of sp³-hybridized carbons (Fsp3) is 0.933. The van der Waals surface area contributed by atoms with Gasteiger partial charge in [-0.05, 0) is 45.4 Å². The Balaban J connectivity index is 1.42. The SMILES string of the molecule is CC(C)N1CCC2C1CCN2C(=O)[C@@H]1N[C@H]1C1CC1. The predicted molar refractivity (Wildman–Crippen MR) is 73.8 cm³/mol. The minimum Gasteiger partial charge on any atom is -0.337 e. The van der Waals surface area contributed by atoms with Gasteiger partial charge in [-0.2, -0.15) is 0 Å². The van der Waals surface area contributed by atoms with Gasteiger partial charge in [0.15, 0.2) is 0 Å². The summed E-state index contributed by atoms with van der Waals surface area (Å²) in [6.45, 7) is 6.70. The van der Waals surface area contributed by atoms with Crippen molar-refractivity contribution in [2.45, 2.75) is 69.7 Å². The third-order valence-corrected chi connectivity index (χ3v) is 5.58. The zero-order valence-corrected chi connectivity index (χ0v) is 12.0. The van der Waals surface area contributed by atoms with Crippen LogP contribution in [-0.4, -0.2) is 59.0 Å². The topological polar surface area (TPSA) is 45.5 Å². The number of carbonyl (C=O) groups excluding carboxylic acids is 1. The molecule has 1 amide bonds. The van der Waals surface area contributed by atoms with Crippen LogP contribution in [0.1, 0.15) is 39.5 Å². The lowest BCUT2D eigenvalue weighted by Gasteiger charge is -2.28. The van der Waals surface area contributed by atoms with E-state index in [1.54, 1.807) is 0 Å². The van der Waals surface area contributed by atoms with E-state index in [-0.39, 0.29) is 6.04 Å². The second-order valence-corrected chi connectivity index (χ2v) is 7.08. The minimum atomic E-state index is 0.166. The van der Waals surface area contributed by atoms with Crippen LogP contribution in [0.15, 0.2) is 0 Å². The smallest absolute Gasteiger partial charge is 0.241 e. The lowest BCUT2D eigenvalue weighted by molar-refractivity contribution is -0.131. The Hall–Kier alpha value is -0.610. The highest BCUT2D eigenvalue weighted by Gasteiger charge is 2.55. The second-order valence-electron chi connectivity index (χ2n) is 7.08. The maximum atomic E-state index is 12.6. The summed E-state index contributed by atoms with van der Waals surface area (Å²) >= 11 is 0. The standard InChI is InChI=1S/C15H25N3O/c1-9(2)17-7-5-12-11(17)6-8-18(12)15(19)14-13(16-14)10-3-4-10/h9-14,16H,3-8H2,1-2H3/t11?,12?,13-,14+/m0/s1. The number of nitrogens with one attached hydrogen (secondary N) is 1. The molecular formula is C15H25N3O. The quantitative estimate of drug-likeness (QED) is 0.767. The van der Waals surface area contributed by atoms with Crippen LogP contribution in [0.2, 0.25) is 0 Å². The molecule has 3 heterocycles. The number of hydrogen-bond donors (Lipinski definition) is 1. The van der Waals surface area contributed by atoms with Gasteiger partial charge < -0.3 is 4.90 Å². The number of amides is 1. The molecule has 0 bridgehead atoms. The van der Waals surface area contributed by atoms with E-state index in [1.807, 2.05) is 0 Å². The van der Waals surface area contributed by atoms with E-state index >= 15 is 0 Å². The molecule has 4 nitrogen and oxygen atoms in total. The van der Waals surface area contributed by atoms with E-state index in [2.05, 4.69) is 29.0 Å². The van der Waals surface area contributed by atoms with Gasteiger partial charge in [0, 0.05) is 37.3 Å². The lowest BCUT2D eigenvalue weighted by atomic mass is 10.1. The van der Waals surface area contributed by atoms with Crippen LogP contribution in [0.5, 0.6) is 0 Å². The molecule has 3 aliphatic heterocycles. The normalized spacial score (nSPS) is 41.9. The Bertz CT molecular complexity index is 393. The van der Waals surface area contributed by atoms with Crippen LogP contribution in [0.3, 0.4) is 0 Å². The third-order valence-electron chi connectivity index (χ3n) is 5.58. The van der Waals surface area contributed by atoms with Crippen molar-refractivity contribution in [1.82, 2.24) is 15.1 Å². The predicted octanol–water partition coefficient (Wildman–Crippen LogP) is 0.820. The van der Waals surface area contributed by atoms with Gasteiger partial charge in [-0.3, -0.25) is 15.0 Å². The molecule has 4 atom stereocenters. The Morgan fingerprint density at radius 2 is 1.84 bits per heavy atom. The maximum absolute atomic E-state index is 12.6. The number of likely N-dealkylation sites (tertiary alicyclic amines) is 2. The number of carbonyl (C=O) groups is 1. The highest BCUT2D eigenvalue weighted by Crippen LogP contribution is 2.41. The molecule has 4 aliphatic rings. The summed E-state index contributed by atoms with van der Waals surface area (Å²) in [5.41, 5.74) is 0. The maximum Gasteiger partial charge on any atom is 0.241 e. The zero-order chi connectivity index (χ0) is 13.1. The molecular weight excluding hydrogens is 238 g/mol. The van der Waals surface area contributed by atoms with Gasteiger partial charge in [-0.1, -0.05) is 0 Å². The van der Waals surface area contributed by atoms with Crippen molar-refractivity contribution in [1.29, 1.82) is 0 Å². The van der Waals surface area contributed by atoms with Gasteiger partial charge in [0.05, 0.1) is 0 Å². The number of fused-ring (bicyclic) bond motifs is 1. The van der Waals surface area contributed by atoms with E-state index in [0.29, 0.717) is 30.1 Å². The average molecular weight is 263 g/mol. The minimum absolute atomic E-state index is 0.166. The number of rotatable bonds is 3. The van der Waals surface area contributed by atoms with Crippen LogP contribution in [0.4, 0.5) is 0 Å². The van der Waals surface area contributed by atoms with Crippen molar-refractivity contribution in [2.24, 2.45) is 5.92 Å². The molecule has 106 valence electrons. The van der Waals surface area contributed by atoms with Gasteiger partial charge in [-0.15, -0.1) is 0 Å². The fourth-order valence-electron chi connectivity index (χ4n) is 4.35. The second kappa shape index (κ2) is 4.19. The highest BCUT2D eigenvalue weighted by atomic mass is 16.2. The molecule has 4 fully saturated rings. The van der Waals surface area contributed by atoms with E-state index in [1.165, 1.54) is 32.2 Å². The third kappa shape index (κ3) is 1.91. The molecule has 0 aromatic heterocycles. The van der Waals surface area contributed by atoms with Crippen LogP contribution in [0, 0.1) is 5.92 Å². The van der Waals surface area contributed by atoms with E-state index in [9.17, 15) is 4.79 Å². The molecule has 3 saturated heterocycles. The Labute approximate surface area is 115 Å². The summed E-state index contributed by atoms with van der Waals surface area (Å²) in [4.78, 5) is 17.4. The molecule has 1 aliphatic carbocycles. The lowest BCUT2D eigenvalue weighted by Crippen LogP contribution is -2.43. The van der Waals surface area contributed by atoms with Gasteiger partial charge in [-0.25, -0.2) is 0 Å². The summed E-state index contributed by atoms with van der Waals surface area (Å²) < 4.78 is 0. The van der Waals surface area contributed by atoms with Crippen molar-refractivity contribution in [2.75, 3.05) is 13.1 Å². The van der Waals surface area contributed by atoms with Crippen molar-refractivity contribution >= 4 is 5.91 Å². The van der Waals surface area contributed by atoms with Crippen LogP contribution >= 0.6 is 0 Å². The van der Waals surface area contributed by atoms with E-state index < -0.39 is 0 Å². The molecule has 4 rings (SSSR count). The van der Waals surface area contributed by atoms with Crippen molar-refractivity contribution in [3.05, 3.63) is 0 Å². The first-order chi connectivity index (χ1) is 9.16. The van der Waals surface area contributed by atoms with Crippen LogP contribution in [-0.2, 0) is 4.79 Å². The first kappa shape index (κ1) is 12.2. The molecule has 1 saturated carbocycles. The fourth-order valence-corrected chi connectivity index (χ4v) is 4.35. The number of hydrogen-bond acceptors (Lipinski definition) is 3. The monoisotopic (exact) mass is 263 g/mol. The summed E-state index contributed by atoms with van der Waals surface area (Å²) in [6.07, 6.45) is 5.01. The Morgan fingerprint density at radius 3 is 2.53 bits per heavy atom. The number of nitrogens with zero attached hydrogens (tertiary/aromatic N) is 2. The average Bonchev–Trinajstić information content (AvgIpc) is 3.23. The summed E-state index contributed by atoms with van der Waals surface area (Å²) in [5.74, 6) is 1.21. The first-order valence-electron chi connectivity index (χ1n) is 7.99. The first-order valence-corrected chi connectivity index (χ1v) is 7.99. The molecule has 1 N–H and O–H groups in total. The Kier molecular flexibility index (Phi) is 2.68. The summed E-state index contributed by atoms with van der Waals surface area (Å²) in [6, 6.07) is 2.43. The molecule has 0 aromatic carbocycles. The molecule has 0 aromatic rings. The molecule has 19 heavy (non-hydrogen) atoms. The van der Waals surface area contributed by atoms with Crippen molar-refractivity contribution in [3.8, 4) is 0 Å². The summed E-state index contributed by atoms with van der Waals surface area (Å²) in [5, 5.41) is 3.42. The van der Waals surface area contributed by atoms with Crippen LogP contribution < -0.4 is 5.32 Å². The van der Waals surface area contributed by atoms with E-state index in [4.69, 9.17) is 0 Å². The van der Waals surface area contributed by atoms with Crippen molar-refractivity contribution < 1.29 is 4.79 Å². The van der Waals surface area contributed by atoms with Gasteiger partial charge >= 0.3 is 0 Å². The van der Waals surface area contributed by atoms with Gasteiger partial charge in [0.25, 0.3) is 0 Å². The van der Waals surface area contributed by atoms with Gasteiger partial charge in [0.1, 0.15) is 6.04 Å². The summed E-state index contributed by atoms with van der Waals surface area (Å²) in [7, 11) is 0.